The first-order valence-corrected chi connectivity index (χ1v) is 5.44. The third-order valence-electron chi connectivity index (χ3n) is 2.45. The lowest BCUT2D eigenvalue weighted by Crippen LogP contribution is -2.18. The van der Waals surface area contributed by atoms with E-state index in [0.29, 0.717) is 5.56 Å². The molecule has 0 heterocycles. The summed E-state index contributed by atoms with van der Waals surface area (Å²) in [5.41, 5.74) is 0.317. The van der Waals surface area contributed by atoms with Gasteiger partial charge in [0.15, 0.2) is 5.78 Å². The van der Waals surface area contributed by atoms with E-state index >= 15 is 0 Å². The third-order valence-corrected chi connectivity index (χ3v) is 2.45. The maximum Gasteiger partial charge on any atom is 0.387 e. The minimum Gasteiger partial charge on any atom is -0.435 e. The van der Waals surface area contributed by atoms with Gasteiger partial charge < -0.3 is 4.74 Å². The number of nitriles is 1. The fourth-order valence-corrected chi connectivity index (χ4v) is 1.49. The smallest absolute Gasteiger partial charge is 0.387 e. The molecule has 1 rings (SSSR count). The molecule has 1 aromatic rings. The summed E-state index contributed by atoms with van der Waals surface area (Å²) in [6, 6.07) is 7.28. The Morgan fingerprint density at radius 2 is 1.83 bits per heavy atom. The highest BCUT2D eigenvalue weighted by Crippen LogP contribution is 2.20. The van der Waals surface area contributed by atoms with Crippen LogP contribution in [0.15, 0.2) is 24.3 Å². The monoisotopic (exact) mass is 253 g/mol. The average molecular weight is 253 g/mol. The summed E-state index contributed by atoms with van der Waals surface area (Å²) in [7, 11) is 0. The number of carbonyl (C=O) groups is 1. The molecule has 0 bridgehead atoms. The van der Waals surface area contributed by atoms with Crippen LogP contribution in [-0.4, -0.2) is 12.4 Å². The zero-order valence-corrected chi connectivity index (χ0v) is 10.1. The average Bonchev–Trinajstić information content (AvgIpc) is 2.29. The Kier molecular flexibility index (Phi) is 4.78. The van der Waals surface area contributed by atoms with Gasteiger partial charge >= 0.3 is 6.61 Å². The van der Waals surface area contributed by atoms with Crippen LogP contribution in [0.1, 0.15) is 24.2 Å². The summed E-state index contributed by atoms with van der Waals surface area (Å²) in [6.07, 6.45) is 0. The molecule has 3 nitrogen and oxygen atoms in total. The van der Waals surface area contributed by atoms with Gasteiger partial charge in [-0.05, 0) is 30.2 Å². The molecule has 0 fully saturated rings. The number of nitrogens with zero attached hydrogens (tertiary/aromatic N) is 1. The van der Waals surface area contributed by atoms with Crippen LogP contribution in [0.25, 0.3) is 0 Å². The van der Waals surface area contributed by atoms with Crippen molar-refractivity contribution in [2.24, 2.45) is 11.8 Å². The lowest BCUT2D eigenvalue weighted by Gasteiger charge is -2.12. The van der Waals surface area contributed by atoms with Gasteiger partial charge in [-0.15, -0.1) is 0 Å². The van der Waals surface area contributed by atoms with Gasteiger partial charge in [0.05, 0.1) is 6.07 Å². The van der Waals surface area contributed by atoms with Crippen molar-refractivity contribution in [3.63, 3.8) is 0 Å². The van der Waals surface area contributed by atoms with Crippen molar-refractivity contribution in [2.75, 3.05) is 0 Å². The Hall–Kier alpha value is -1.96. The van der Waals surface area contributed by atoms with E-state index in [1.165, 1.54) is 24.3 Å². The van der Waals surface area contributed by atoms with E-state index in [0.717, 1.165) is 0 Å². The molecule has 1 aromatic carbocycles. The number of rotatable bonds is 5. The van der Waals surface area contributed by atoms with Gasteiger partial charge in [0.25, 0.3) is 0 Å². The summed E-state index contributed by atoms with van der Waals surface area (Å²) < 4.78 is 28.0. The summed E-state index contributed by atoms with van der Waals surface area (Å²) in [4.78, 5) is 11.9. The predicted octanol–water partition coefficient (Wildman–Crippen LogP) is 3.27. The molecule has 0 saturated carbocycles. The SMILES string of the molecule is CC(C)C(C#N)C(=O)c1ccc(OC(F)F)cc1. The number of alkyl halides is 2. The Labute approximate surface area is 104 Å². The number of carbonyl (C=O) groups excluding carboxylic acids is 1. The molecule has 0 aromatic heterocycles. The lowest BCUT2D eigenvalue weighted by atomic mass is 9.89. The number of halogens is 2. The Morgan fingerprint density at radius 1 is 1.28 bits per heavy atom. The second kappa shape index (κ2) is 6.10. The lowest BCUT2D eigenvalue weighted by molar-refractivity contribution is -0.0498. The first kappa shape index (κ1) is 14.1. The van der Waals surface area contributed by atoms with Crippen molar-refractivity contribution in [1.82, 2.24) is 0 Å². The van der Waals surface area contributed by atoms with Crippen LogP contribution in [0.4, 0.5) is 8.78 Å². The summed E-state index contributed by atoms with van der Waals surface area (Å²) in [5.74, 6) is -1.15. The van der Waals surface area contributed by atoms with Crippen molar-refractivity contribution in [1.29, 1.82) is 5.26 Å². The second-order valence-corrected chi connectivity index (χ2v) is 4.12. The highest BCUT2D eigenvalue weighted by Gasteiger charge is 2.22. The Bertz CT molecular complexity index is 449. The summed E-state index contributed by atoms with van der Waals surface area (Å²) >= 11 is 0. The molecule has 18 heavy (non-hydrogen) atoms. The zero-order chi connectivity index (χ0) is 13.7. The van der Waals surface area contributed by atoms with E-state index in [4.69, 9.17) is 5.26 Å². The number of ether oxygens (including phenoxy) is 1. The van der Waals surface area contributed by atoms with Crippen LogP contribution in [0.2, 0.25) is 0 Å². The molecule has 1 atom stereocenters. The minimum absolute atomic E-state index is 0.0143. The molecule has 5 heteroatoms. The van der Waals surface area contributed by atoms with Crippen molar-refractivity contribution < 1.29 is 18.3 Å². The van der Waals surface area contributed by atoms with E-state index in [9.17, 15) is 13.6 Å². The quantitative estimate of drug-likeness (QED) is 0.757. The molecule has 0 saturated heterocycles. The topological polar surface area (TPSA) is 50.1 Å². The van der Waals surface area contributed by atoms with Gasteiger partial charge in [0.2, 0.25) is 0 Å². The fraction of sp³-hybridized carbons (Fsp3) is 0.385. The standard InChI is InChI=1S/C13H13F2NO2/c1-8(2)11(7-16)12(17)9-3-5-10(6-4-9)18-13(14)15/h3-6,8,11,13H,1-2H3. The summed E-state index contributed by atoms with van der Waals surface area (Å²) in [6.45, 7) is 0.661. The van der Waals surface area contributed by atoms with Crippen molar-refractivity contribution in [2.45, 2.75) is 20.5 Å². The third kappa shape index (κ3) is 3.52. The van der Waals surface area contributed by atoms with E-state index in [2.05, 4.69) is 4.74 Å². The Balaban J connectivity index is 2.85. The van der Waals surface area contributed by atoms with Crippen molar-refractivity contribution in [3.05, 3.63) is 29.8 Å². The van der Waals surface area contributed by atoms with Crippen LogP contribution < -0.4 is 4.74 Å². The van der Waals surface area contributed by atoms with E-state index in [1.807, 2.05) is 6.07 Å². The molecule has 0 aliphatic carbocycles. The van der Waals surface area contributed by atoms with Gasteiger partial charge in [-0.1, -0.05) is 13.8 Å². The van der Waals surface area contributed by atoms with E-state index < -0.39 is 12.5 Å². The van der Waals surface area contributed by atoms with Gasteiger partial charge in [-0.2, -0.15) is 14.0 Å². The van der Waals surface area contributed by atoms with Gasteiger partial charge in [0.1, 0.15) is 11.7 Å². The summed E-state index contributed by atoms with van der Waals surface area (Å²) in [5, 5.41) is 8.91. The maximum atomic E-state index is 11.9. The van der Waals surface area contributed by atoms with Crippen molar-refractivity contribution in [3.8, 4) is 11.8 Å². The van der Waals surface area contributed by atoms with Crippen LogP contribution in [0.5, 0.6) is 5.75 Å². The number of benzene rings is 1. The molecule has 0 spiro atoms. The van der Waals surface area contributed by atoms with E-state index in [1.54, 1.807) is 13.8 Å². The first-order chi connectivity index (χ1) is 8.45. The molecule has 0 radical (unpaired) electrons. The van der Waals surface area contributed by atoms with Crippen LogP contribution >= 0.6 is 0 Å². The highest BCUT2D eigenvalue weighted by atomic mass is 19.3. The van der Waals surface area contributed by atoms with Crippen LogP contribution in [-0.2, 0) is 0 Å². The van der Waals surface area contributed by atoms with Crippen LogP contribution in [0.3, 0.4) is 0 Å². The molecule has 96 valence electrons. The number of ketones is 1. The predicted molar refractivity (Wildman–Crippen MR) is 61.3 cm³/mol. The van der Waals surface area contributed by atoms with Gasteiger partial charge in [0, 0.05) is 5.56 Å². The number of hydrogen-bond acceptors (Lipinski definition) is 3. The van der Waals surface area contributed by atoms with Gasteiger partial charge in [-0.25, -0.2) is 0 Å². The van der Waals surface area contributed by atoms with Gasteiger partial charge in [-0.3, -0.25) is 4.79 Å². The molecule has 1 unspecified atom stereocenters. The molecule has 0 amide bonds. The number of hydrogen-bond donors (Lipinski definition) is 0. The first-order valence-electron chi connectivity index (χ1n) is 5.44. The molecule has 0 N–H and O–H groups in total. The number of Topliss-reactive ketones (excluding diaryl/α,β-unsaturated/α-hetero) is 1. The largest absolute Gasteiger partial charge is 0.435 e. The van der Waals surface area contributed by atoms with Crippen molar-refractivity contribution >= 4 is 5.78 Å². The molecular formula is C13H13F2NO2. The minimum atomic E-state index is -2.89. The second-order valence-electron chi connectivity index (χ2n) is 4.12. The fourth-order valence-electron chi connectivity index (χ4n) is 1.49. The Morgan fingerprint density at radius 3 is 2.22 bits per heavy atom. The van der Waals surface area contributed by atoms with Crippen LogP contribution in [0, 0.1) is 23.2 Å². The zero-order valence-electron chi connectivity index (χ0n) is 10.1. The van der Waals surface area contributed by atoms with E-state index in [-0.39, 0.29) is 17.5 Å². The maximum absolute atomic E-state index is 11.9. The molecular weight excluding hydrogens is 240 g/mol. The normalized spacial score (nSPS) is 12.3. The molecule has 0 aliphatic heterocycles. The molecule has 0 aliphatic rings. The highest BCUT2D eigenvalue weighted by molar-refractivity contribution is 5.99.